The lowest BCUT2D eigenvalue weighted by molar-refractivity contribution is -0.149. The summed E-state index contributed by atoms with van der Waals surface area (Å²) in [4.78, 5) is 11.5. The van der Waals surface area contributed by atoms with Gasteiger partial charge in [0, 0.05) is 5.39 Å². The lowest BCUT2D eigenvalue weighted by atomic mass is 10.1. The minimum absolute atomic E-state index is 0.127. The van der Waals surface area contributed by atoms with E-state index >= 15 is 0 Å². The Balaban J connectivity index is 1.80. The second-order valence-electron chi connectivity index (χ2n) is 5.11. The van der Waals surface area contributed by atoms with Crippen molar-refractivity contribution < 1.29 is 23.1 Å². The van der Waals surface area contributed by atoms with Crippen molar-refractivity contribution in [1.82, 2.24) is 0 Å². The molecule has 3 aromatic rings. The number of furan rings is 2. The third kappa shape index (κ3) is 2.98. The van der Waals surface area contributed by atoms with Crippen LogP contribution in [0.2, 0.25) is 0 Å². The monoisotopic (exact) mass is 300 g/mol. The molecule has 0 atom stereocenters. The van der Waals surface area contributed by atoms with Gasteiger partial charge >= 0.3 is 5.97 Å². The van der Waals surface area contributed by atoms with Gasteiger partial charge in [-0.2, -0.15) is 0 Å². The molecule has 1 aromatic carbocycles. The molecule has 0 amide bonds. The Morgan fingerprint density at radius 1 is 1.23 bits per heavy atom. The zero-order chi connectivity index (χ0) is 15.5. The molecule has 5 heteroatoms. The molecule has 0 unspecified atom stereocenters. The van der Waals surface area contributed by atoms with Crippen molar-refractivity contribution in [3.63, 3.8) is 0 Å². The fourth-order valence-corrected chi connectivity index (χ4v) is 2.16. The van der Waals surface area contributed by atoms with E-state index < -0.39 is 5.97 Å². The fourth-order valence-electron chi connectivity index (χ4n) is 2.16. The second kappa shape index (κ2) is 5.97. The van der Waals surface area contributed by atoms with Crippen molar-refractivity contribution in [3.05, 3.63) is 42.9 Å². The van der Waals surface area contributed by atoms with Crippen LogP contribution in [0.25, 0.3) is 22.3 Å². The van der Waals surface area contributed by atoms with Crippen molar-refractivity contribution in [2.45, 2.75) is 20.0 Å². The predicted molar refractivity (Wildman–Crippen MR) is 80.6 cm³/mol. The van der Waals surface area contributed by atoms with Gasteiger partial charge in [0.05, 0.1) is 17.9 Å². The third-order valence-corrected chi connectivity index (χ3v) is 3.06. The Bertz CT molecular complexity index is 768. The van der Waals surface area contributed by atoms with Crippen LogP contribution in [-0.4, -0.2) is 18.7 Å². The number of hydrogen-bond acceptors (Lipinski definition) is 5. The summed E-state index contributed by atoms with van der Waals surface area (Å²) in [5, 5.41) is 0.865. The van der Waals surface area contributed by atoms with Crippen molar-refractivity contribution in [2.24, 2.45) is 0 Å². The van der Waals surface area contributed by atoms with E-state index in [1.165, 1.54) is 0 Å². The molecule has 0 aliphatic rings. The van der Waals surface area contributed by atoms with Gasteiger partial charge in [-0.05, 0) is 44.2 Å². The van der Waals surface area contributed by atoms with E-state index in [0.29, 0.717) is 5.75 Å². The Morgan fingerprint density at radius 2 is 2.09 bits per heavy atom. The molecule has 3 rings (SSSR count). The predicted octanol–water partition coefficient (Wildman–Crippen LogP) is 4.02. The number of fused-ring (bicyclic) bond motifs is 1. The van der Waals surface area contributed by atoms with Crippen LogP contribution >= 0.6 is 0 Å². The quantitative estimate of drug-likeness (QED) is 0.666. The molecular formula is C17H16O5. The molecule has 114 valence electrons. The SMILES string of the molecule is CC(C)OC(=O)COc1ccc2occ(-c3ccco3)c2c1. The highest BCUT2D eigenvalue weighted by Crippen LogP contribution is 2.33. The van der Waals surface area contributed by atoms with E-state index in [0.717, 1.165) is 22.3 Å². The number of carbonyl (C=O) groups excluding carboxylic acids is 1. The molecule has 5 nitrogen and oxygen atoms in total. The summed E-state index contributed by atoms with van der Waals surface area (Å²) in [5.74, 6) is 0.895. The maximum absolute atomic E-state index is 11.5. The van der Waals surface area contributed by atoms with Crippen LogP contribution in [0.5, 0.6) is 5.75 Å². The summed E-state index contributed by atoms with van der Waals surface area (Å²) in [6.45, 7) is 3.47. The van der Waals surface area contributed by atoms with Gasteiger partial charge in [-0.15, -0.1) is 0 Å². The van der Waals surface area contributed by atoms with Gasteiger partial charge in [-0.3, -0.25) is 0 Å². The number of benzene rings is 1. The summed E-state index contributed by atoms with van der Waals surface area (Å²) in [5.41, 5.74) is 1.57. The highest BCUT2D eigenvalue weighted by molar-refractivity contribution is 5.93. The highest BCUT2D eigenvalue weighted by Gasteiger charge is 2.12. The first-order valence-corrected chi connectivity index (χ1v) is 7.01. The highest BCUT2D eigenvalue weighted by atomic mass is 16.6. The summed E-state index contributed by atoms with van der Waals surface area (Å²) in [6.07, 6.45) is 3.09. The van der Waals surface area contributed by atoms with E-state index in [1.807, 2.05) is 18.2 Å². The molecule has 2 heterocycles. The number of rotatable bonds is 5. The van der Waals surface area contributed by atoms with E-state index in [9.17, 15) is 4.79 Å². The van der Waals surface area contributed by atoms with Gasteiger partial charge < -0.3 is 18.3 Å². The molecule has 2 aromatic heterocycles. The zero-order valence-electron chi connectivity index (χ0n) is 12.4. The molecule has 0 spiro atoms. The maximum atomic E-state index is 11.5. The van der Waals surface area contributed by atoms with E-state index in [-0.39, 0.29) is 12.7 Å². The van der Waals surface area contributed by atoms with Gasteiger partial charge in [0.2, 0.25) is 0 Å². The Morgan fingerprint density at radius 3 is 2.82 bits per heavy atom. The maximum Gasteiger partial charge on any atom is 0.344 e. The Labute approximate surface area is 127 Å². The summed E-state index contributed by atoms with van der Waals surface area (Å²) in [7, 11) is 0. The van der Waals surface area contributed by atoms with Crippen molar-refractivity contribution in [1.29, 1.82) is 0 Å². The van der Waals surface area contributed by atoms with Crippen LogP contribution in [0.3, 0.4) is 0 Å². The van der Waals surface area contributed by atoms with Gasteiger partial charge in [-0.1, -0.05) is 0 Å². The first-order chi connectivity index (χ1) is 10.6. The van der Waals surface area contributed by atoms with Crippen LogP contribution in [0, 0.1) is 0 Å². The summed E-state index contributed by atoms with van der Waals surface area (Å²) >= 11 is 0. The normalized spacial score (nSPS) is 11.0. The summed E-state index contributed by atoms with van der Waals surface area (Å²) < 4.78 is 21.4. The zero-order valence-corrected chi connectivity index (χ0v) is 12.4. The summed E-state index contributed by atoms with van der Waals surface area (Å²) in [6, 6.07) is 9.04. The van der Waals surface area contributed by atoms with E-state index in [1.54, 1.807) is 38.5 Å². The molecular weight excluding hydrogens is 284 g/mol. The Kier molecular flexibility index (Phi) is 3.87. The molecule has 0 bridgehead atoms. The third-order valence-electron chi connectivity index (χ3n) is 3.06. The molecule has 0 N–H and O–H groups in total. The fraction of sp³-hybridized carbons (Fsp3) is 0.235. The van der Waals surface area contributed by atoms with Gasteiger partial charge in [-0.25, -0.2) is 4.79 Å². The van der Waals surface area contributed by atoms with Gasteiger partial charge in [0.15, 0.2) is 6.61 Å². The Hall–Kier alpha value is -2.69. The van der Waals surface area contributed by atoms with Crippen LogP contribution in [0.4, 0.5) is 0 Å². The smallest absolute Gasteiger partial charge is 0.344 e. The van der Waals surface area contributed by atoms with Gasteiger partial charge in [0.1, 0.15) is 23.4 Å². The number of ether oxygens (including phenoxy) is 2. The average molecular weight is 300 g/mol. The van der Waals surface area contributed by atoms with Crippen LogP contribution in [0.15, 0.2) is 51.7 Å². The molecule has 0 saturated carbocycles. The van der Waals surface area contributed by atoms with Crippen LogP contribution in [-0.2, 0) is 9.53 Å². The van der Waals surface area contributed by atoms with Gasteiger partial charge in [0.25, 0.3) is 0 Å². The lowest BCUT2D eigenvalue weighted by Crippen LogP contribution is -2.18. The number of hydrogen-bond donors (Lipinski definition) is 0. The van der Waals surface area contributed by atoms with Crippen molar-refractivity contribution in [3.8, 4) is 17.1 Å². The topological polar surface area (TPSA) is 61.8 Å². The molecule has 0 fully saturated rings. The first kappa shape index (κ1) is 14.3. The van der Waals surface area contributed by atoms with Crippen LogP contribution in [0.1, 0.15) is 13.8 Å². The largest absolute Gasteiger partial charge is 0.482 e. The molecule has 22 heavy (non-hydrogen) atoms. The number of carbonyl (C=O) groups is 1. The minimum Gasteiger partial charge on any atom is -0.482 e. The number of esters is 1. The average Bonchev–Trinajstić information content (AvgIpc) is 3.12. The lowest BCUT2D eigenvalue weighted by Gasteiger charge is -2.09. The second-order valence-corrected chi connectivity index (χ2v) is 5.11. The van der Waals surface area contributed by atoms with E-state index in [2.05, 4.69) is 0 Å². The molecule has 0 saturated heterocycles. The van der Waals surface area contributed by atoms with Crippen LogP contribution < -0.4 is 4.74 Å². The first-order valence-electron chi connectivity index (χ1n) is 7.01. The van der Waals surface area contributed by atoms with E-state index in [4.69, 9.17) is 18.3 Å². The molecule has 0 aliphatic carbocycles. The molecule has 0 radical (unpaired) electrons. The minimum atomic E-state index is -0.395. The molecule has 0 aliphatic heterocycles. The standard InChI is InChI=1S/C17H16O5/c1-11(2)22-17(18)10-20-12-5-6-16-13(8-12)14(9-21-16)15-4-3-7-19-15/h3-9,11H,10H2,1-2H3. The van der Waals surface area contributed by atoms with Crippen molar-refractivity contribution in [2.75, 3.05) is 6.61 Å². The van der Waals surface area contributed by atoms with Crippen molar-refractivity contribution >= 4 is 16.9 Å².